The van der Waals surface area contributed by atoms with Crippen molar-refractivity contribution in [1.82, 2.24) is 9.88 Å². The predicted octanol–water partition coefficient (Wildman–Crippen LogP) is 0.205. The van der Waals surface area contributed by atoms with Gasteiger partial charge in [0.1, 0.15) is 5.69 Å². The third-order valence-corrected chi connectivity index (χ3v) is 2.83. The van der Waals surface area contributed by atoms with Gasteiger partial charge in [0.05, 0.1) is 24.8 Å². The van der Waals surface area contributed by atoms with Crippen LogP contribution in [0.25, 0.3) is 0 Å². The van der Waals surface area contributed by atoms with Gasteiger partial charge >= 0.3 is 0 Å². The molecule has 0 unspecified atom stereocenters. The summed E-state index contributed by atoms with van der Waals surface area (Å²) in [5, 5.41) is 9.06. The number of aromatic nitrogens is 1. The Kier molecular flexibility index (Phi) is 3.40. The van der Waals surface area contributed by atoms with Crippen LogP contribution >= 0.6 is 0 Å². The summed E-state index contributed by atoms with van der Waals surface area (Å²) in [5.74, 6) is -0.873. The van der Waals surface area contributed by atoms with E-state index < -0.39 is 17.9 Å². The van der Waals surface area contributed by atoms with Crippen molar-refractivity contribution in [2.24, 2.45) is 0 Å². The van der Waals surface area contributed by atoms with Crippen LogP contribution in [0.3, 0.4) is 0 Å². The van der Waals surface area contributed by atoms with E-state index in [0.29, 0.717) is 6.61 Å². The van der Waals surface area contributed by atoms with Gasteiger partial charge in [-0.3, -0.25) is 14.5 Å². The monoisotopic (exact) mass is 250 g/mol. The van der Waals surface area contributed by atoms with Crippen LogP contribution in [0.15, 0.2) is 12.3 Å². The number of carbonyl (C=O) groups excluding carboxylic acids is 2. The van der Waals surface area contributed by atoms with Crippen LogP contribution in [-0.2, 0) is 11.3 Å². The SMILES string of the molecule is COCc1cnc2c(c1)C(=O)N([C@H](C)CO)C2=O. The Morgan fingerprint density at radius 2 is 2.17 bits per heavy atom. The van der Waals surface area contributed by atoms with Gasteiger partial charge < -0.3 is 9.84 Å². The molecule has 1 atom stereocenters. The topological polar surface area (TPSA) is 79.7 Å². The number of aliphatic hydroxyl groups excluding tert-OH is 1. The molecule has 1 aromatic heterocycles. The molecule has 0 spiro atoms. The van der Waals surface area contributed by atoms with E-state index in [-0.39, 0.29) is 17.9 Å². The van der Waals surface area contributed by atoms with Gasteiger partial charge in [0.15, 0.2) is 0 Å². The number of amides is 2. The Hall–Kier alpha value is -1.79. The molecule has 0 bridgehead atoms. The number of ether oxygens (including phenoxy) is 1. The number of aliphatic hydroxyl groups is 1. The molecule has 6 nitrogen and oxygen atoms in total. The molecule has 18 heavy (non-hydrogen) atoms. The molecular formula is C12H14N2O4. The van der Waals surface area contributed by atoms with Crippen LogP contribution in [0.2, 0.25) is 0 Å². The lowest BCUT2D eigenvalue weighted by Crippen LogP contribution is -2.40. The Morgan fingerprint density at radius 1 is 1.44 bits per heavy atom. The van der Waals surface area contributed by atoms with E-state index in [2.05, 4.69) is 4.98 Å². The summed E-state index contributed by atoms with van der Waals surface area (Å²) in [4.78, 5) is 29.1. The maximum Gasteiger partial charge on any atom is 0.280 e. The summed E-state index contributed by atoms with van der Waals surface area (Å²) in [5.41, 5.74) is 1.14. The number of rotatable bonds is 4. The van der Waals surface area contributed by atoms with E-state index >= 15 is 0 Å². The Labute approximate surface area is 104 Å². The molecule has 0 aromatic carbocycles. The van der Waals surface area contributed by atoms with E-state index in [1.807, 2.05) is 0 Å². The molecule has 0 radical (unpaired) electrons. The first-order chi connectivity index (χ1) is 8.60. The van der Waals surface area contributed by atoms with Crippen LogP contribution in [0.4, 0.5) is 0 Å². The van der Waals surface area contributed by atoms with Crippen molar-refractivity contribution in [3.8, 4) is 0 Å². The second kappa shape index (κ2) is 4.83. The lowest BCUT2D eigenvalue weighted by Gasteiger charge is -2.19. The van der Waals surface area contributed by atoms with Crippen LogP contribution in [0.1, 0.15) is 33.3 Å². The highest BCUT2D eigenvalue weighted by Crippen LogP contribution is 2.23. The zero-order valence-corrected chi connectivity index (χ0v) is 10.2. The van der Waals surface area contributed by atoms with Crippen molar-refractivity contribution < 1.29 is 19.4 Å². The minimum absolute atomic E-state index is 0.139. The zero-order chi connectivity index (χ0) is 13.3. The number of hydrogen-bond acceptors (Lipinski definition) is 5. The number of imide groups is 1. The van der Waals surface area contributed by atoms with Gasteiger partial charge in [-0.25, -0.2) is 4.98 Å². The highest BCUT2D eigenvalue weighted by atomic mass is 16.5. The summed E-state index contributed by atoms with van der Waals surface area (Å²) < 4.78 is 4.96. The Bertz CT molecular complexity index is 501. The highest BCUT2D eigenvalue weighted by molar-refractivity contribution is 6.20. The van der Waals surface area contributed by atoms with Crippen molar-refractivity contribution in [3.05, 3.63) is 29.1 Å². The molecule has 0 saturated heterocycles. The molecular weight excluding hydrogens is 236 g/mol. The second-order valence-electron chi connectivity index (χ2n) is 4.18. The molecule has 1 aliphatic heterocycles. The molecule has 2 rings (SSSR count). The minimum atomic E-state index is -0.551. The third kappa shape index (κ3) is 1.89. The van der Waals surface area contributed by atoms with Crippen molar-refractivity contribution in [2.75, 3.05) is 13.7 Å². The van der Waals surface area contributed by atoms with Gasteiger partial charge in [-0.05, 0) is 18.6 Å². The molecule has 1 aromatic rings. The smallest absolute Gasteiger partial charge is 0.280 e. The van der Waals surface area contributed by atoms with Gasteiger partial charge in [0.25, 0.3) is 11.8 Å². The lowest BCUT2D eigenvalue weighted by atomic mass is 10.1. The van der Waals surface area contributed by atoms with Crippen LogP contribution in [-0.4, -0.2) is 46.6 Å². The molecule has 0 aliphatic carbocycles. The first kappa shape index (κ1) is 12.7. The molecule has 1 N–H and O–H groups in total. The molecule has 2 heterocycles. The first-order valence-electron chi connectivity index (χ1n) is 5.56. The first-order valence-corrected chi connectivity index (χ1v) is 5.56. The fourth-order valence-corrected chi connectivity index (χ4v) is 1.91. The number of hydrogen-bond donors (Lipinski definition) is 1. The number of pyridine rings is 1. The molecule has 6 heteroatoms. The van der Waals surface area contributed by atoms with E-state index in [0.717, 1.165) is 10.5 Å². The van der Waals surface area contributed by atoms with Crippen LogP contribution in [0.5, 0.6) is 0 Å². The number of methoxy groups -OCH3 is 1. The maximum absolute atomic E-state index is 12.1. The third-order valence-electron chi connectivity index (χ3n) is 2.83. The van der Waals surface area contributed by atoms with Gasteiger partial charge in [0.2, 0.25) is 0 Å². The quantitative estimate of drug-likeness (QED) is 0.772. The summed E-state index contributed by atoms with van der Waals surface area (Å²) >= 11 is 0. The van der Waals surface area contributed by atoms with Gasteiger partial charge in [-0.2, -0.15) is 0 Å². The molecule has 1 aliphatic rings. The van der Waals surface area contributed by atoms with Crippen molar-refractivity contribution >= 4 is 11.8 Å². The van der Waals surface area contributed by atoms with Crippen molar-refractivity contribution in [3.63, 3.8) is 0 Å². The average Bonchev–Trinajstić information content (AvgIpc) is 2.61. The van der Waals surface area contributed by atoms with E-state index in [1.165, 1.54) is 6.20 Å². The standard InChI is InChI=1S/C12H14N2O4/c1-7(5-15)14-11(16)9-3-8(6-18-2)4-13-10(9)12(14)17/h3-4,7,15H,5-6H2,1-2H3/t7-/m1/s1. The maximum atomic E-state index is 12.1. The average molecular weight is 250 g/mol. The normalized spacial score (nSPS) is 16.1. The van der Waals surface area contributed by atoms with Gasteiger partial charge in [0, 0.05) is 13.3 Å². The highest BCUT2D eigenvalue weighted by Gasteiger charge is 2.39. The van der Waals surface area contributed by atoms with Crippen molar-refractivity contribution in [1.29, 1.82) is 0 Å². The van der Waals surface area contributed by atoms with Crippen LogP contribution < -0.4 is 0 Å². The summed E-state index contributed by atoms with van der Waals surface area (Å²) in [6, 6.07) is 1.06. The van der Waals surface area contributed by atoms with E-state index in [1.54, 1.807) is 20.1 Å². The molecule has 0 fully saturated rings. The summed E-state index contributed by atoms with van der Waals surface area (Å²) in [7, 11) is 1.54. The fraction of sp³-hybridized carbons (Fsp3) is 0.417. The van der Waals surface area contributed by atoms with Gasteiger partial charge in [-0.1, -0.05) is 0 Å². The van der Waals surface area contributed by atoms with E-state index in [9.17, 15) is 9.59 Å². The lowest BCUT2D eigenvalue weighted by molar-refractivity contribution is 0.0535. The predicted molar refractivity (Wildman–Crippen MR) is 62.0 cm³/mol. The fourth-order valence-electron chi connectivity index (χ4n) is 1.91. The van der Waals surface area contributed by atoms with E-state index in [4.69, 9.17) is 9.84 Å². The summed E-state index contributed by atoms with van der Waals surface area (Å²) in [6.45, 7) is 1.67. The zero-order valence-electron chi connectivity index (χ0n) is 10.2. The molecule has 2 amide bonds. The largest absolute Gasteiger partial charge is 0.394 e. The Balaban J connectivity index is 2.39. The Morgan fingerprint density at radius 3 is 2.78 bits per heavy atom. The number of fused-ring (bicyclic) bond motifs is 1. The summed E-state index contributed by atoms with van der Waals surface area (Å²) in [6.07, 6.45) is 1.51. The second-order valence-corrected chi connectivity index (χ2v) is 4.18. The molecule has 96 valence electrons. The van der Waals surface area contributed by atoms with Crippen molar-refractivity contribution in [2.45, 2.75) is 19.6 Å². The number of nitrogens with zero attached hydrogens (tertiary/aromatic N) is 2. The van der Waals surface area contributed by atoms with Crippen LogP contribution in [0, 0.1) is 0 Å². The minimum Gasteiger partial charge on any atom is -0.394 e. The molecule has 0 saturated carbocycles. The van der Waals surface area contributed by atoms with Gasteiger partial charge in [-0.15, -0.1) is 0 Å². The number of carbonyl (C=O) groups is 2.